The second kappa shape index (κ2) is 4.85. The third-order valence-corrected chi connectivity index (χ3v) is 3.18. The van der Waals surface area contributed by atoms with E-state index in [1.54, 1.807) is 4.68 Å². The van der Waals surface area contributed by atoms with Crippen LogP contribution in [0.3, 0.4) is 0 Å². The second-order valence-electron chi connectivity index (χ2n) is 3.89. The van der Waals surface area contributed by atoms with Gasteiger partial charge in [0.2, 0.25) is 0 Å². The fourth-order valence-corrected chi connectivity index (χ4v) is 1.77. The predicted molar refractivity (Wildman–Crippen MR) is 64.6 cm³/mol. The fraction of sp³-hybridized carbons (Fsp3) is 0.500. The van der Waals surface area contributed by atoms with Crippen molar-refractivity contribution in [2.75, 3.05) is 0 Å². The zero-order chi connectivity index (χ0) is 12.4. The minimum atomic E-state index is 0.408. The molecule has 0 fully saturated rings. The van der Waals surface area contributed by atoms with Crippen molar-refractivity contribution in [3.8, 4) is 0 Å². The summed E-state index contributed by atoms with van der Waals surface area (Å²) in [5.41, 5.74) is 8.08. The van der Waals surface area contributed by atoms with Gasteiger partial charge in [0, 0.05) is 12.7 Å². The molecule has 2 heterocycles. The number of nitrogens with two attached hydrogens (primary N) is 1. The highest BCUT2D eigenvalue weighted by Crippen LogP contribution is 2.18. The molecule has 0 radical (unpaired) electrons. The smallest absolute Gasteiger partial charge is 0.0962 e. The molecule has 0 aromatic carbocycles. The van der Waals surface area contributed by atoms with Crippen molar-refractivity contribution in [2.45, 2.75) is 33.5 Å². The SMILES string of the molecule is Cc1nn(CCn2cc(CN)nn2)c(C)c1Cl. The monoisotopic (exact) mass is 254 g/mol. The van der Waals surface area contributed by atoms with E-state index < -0.39 is 0 Å². The van der Waals surface area contributed by atoms with Crippen LogP contribution in [0.15, 0.2) is 6.20 Å². The molecule has 0 unspecified atom stereocenters. The van der Waals surface area contributed by atoms with Crippen LogP contribution in [-0.4, -0.2) is 24.8 Å². The molecule has 0 amide bonds. The molecule has 2 aromatic heterocycles. The van der Waals surface area contributed by atoms with Gasteiger partial charge in [-0.05, 0) is 13.8 Å². The molecule has 6 nitrogen and oxygen atoms in total. The largest absolute Gasteiger partial charge is 0.325 e. The Morgan fingerprint density at radius 3 is 2.65 bits per heavy atom. The van der Waals surface area contributed by atoms with Crippen LogP contribution in [-0.2, 0) is 19.6 Å². The van der Waals surface area contributed by atoms with Crippen LogP contribution >= 0.6 is 11.6 Å². The van der Waals surface area contributed by atoms with Crippen LogP contribution in [0, 0.1) is 13.8 Å². The number of hydrogen-bond acceptors (Lipinski definition) is 4. The summed E-state index contributed by atoms with van der Waals surface area (Å²) in [5, 5.41) is 13.0. The van der Waals surface area contributed by atoms with Gasteiger partial charge in [0.15, 0.2) is 0 Å². The van der Waals surface area contributed by atoms with E-state index in [9.17, 15) is 0 Å². The van der Waals surface area contributed by atoms with E-state index in [0.717, 1.165) is 22.1 Å². The number of aryl methyl sites for hydroxylation is 3. The first kappa shape index (κ1) is 12.1. The number of rotatable bonds is 4. The van der Waals surface area contributed by atoms with Gasteiger partial charge < -0.3 is 5.73 Å². The molecule has 0 spiro atoms. The molecule has 2 rings (SSSR count). The third kappa shape index (κ3) is 2.48. The van der Waals surface area contributed by atoms with Gasteiger partial charge in [-0.2, -0.15) is 5.10 Å². The highest BCUT2D eigenvalue weighted by Gasteiger charge is 2.09. The van der Waals surface area contributed by atoms with E-state index in [2.05, 4.69) is 15.4 Å². The van der Waals surface area contributed by atoms with Gasteiger partial charge in [0.05, 0.1) is 35.2 Å². The molecule has 0 bridgehead atoms. The molecule has 0 saturated heterocycles. The zero-order valence-electron chi connectivity index (χ0n) is 9.89. The van der Waals surface area contributed by atoms with E-state index in [1.165, 1.54) is 0 Å². The Morgan fingerprint density at radius 1 is 1.35 bits per heavy atom. The number of halogens is 1. The predicted octanol–water partition coefficient (Wildman–Crippen LogP) is 0.904. The molecular weight excluding hydrogens is 240 g/mol. The molecular formula is C10H15ClN6. The maximum atomic E-state index is 6.07. The first-order valence-corrected chi connectivity index (χ1v) is 5.78. The fourth-order valence-electron chi connectivity index (χ4n) is 1.63. The number of aromatic nitrogens is 5. The van der Waals surface area contributed by atoms with E-state index in [-0.39, 0.29) is 0 Å². The van der Waals surface area contributed by atoms with Crippen molar-refractivity contribution in [3.63, 3.8) is 0 Å². The van der Waals surface area contributed by atoms with Gasteiger partial charge >= 0.3 is 0 Å². The van der Waals surface area contributed by atoms with Crippen molar-refractivity contribution in [1.29, 1.82) is 0 Å². The van der Waals surface area contributed by atoms with E-state index >= 15 is 0 Å². The van der Waals surface area contributed by atoms with Crippen LogP contribution < -0.4 is 5.73 Å². The summed E-state index contributed by atoms with van der Waals surface area (Å²) in [6, 6.07) is 0. The number of hydrogen-bond donors (Lipinski definition) is 1. The van der Waals surface area contributed by atoms with Crippen LogP contribution in [0.4, 0.5) is 0 Å². The Bertz CT molecular complexity index is 515. The van der Waals surface area contributed by atoms with Crippen molar-refractivity contribution in [3.05, 3.63) is 28.3 Å². The summed E-state index contributed by atoms with van der Waals surface area (Å²) in [7, 11) is 0. The Hall–Kier alpha value is -1.40. The van der Waals surface area contributed by atoms with E-state index in [4.69, 9.17) is 17.3 Å². The Balaban J connectivity index is 2.04. The van der Waals surface area contributed by atoms with Gasteiger partial charge in [-0.1, -0.05) is 16.8 Å². The zero-order valence-corrected chi connectivity index (χ0v) is 10.6. The third-order valence-electron chi connectivity index (χ3n) is 2.63. The lowest BCUT2D eigenvalue weighted by Gasteiger charge is -2.03. The first-order chi connectivity index (χ1) is 8.11. The van der Waals surface area contributed by atoms with Crippen molar-refractivity contribution < 1.29 is 0 Å². The summed E-state index contributed by atoms with van der Waals surface area (Å²) < 4.78 is 3.63. The summed E-state index contributed by atoms with van der Waals surface area (Å²) >= 11 is 6.07. The summed E-state index contributed by atoms with van der Waals surface area (Å²) in [6.07, 6.45) is 1.84. The molecule has 17 heavy (non-hydrogen) atoms. The lowest BCUT2D eigenvalue weighted by atomic mass is 10.4. The Kier molecular flexibility index (Phi) is 3.44. The molecule has 0 aliphatic rings. The van der Waals surface area contributed by atoms with Gasteiger partial charge in [-0.15, -0.1) is 5.10 Å². The summed E-state index contributed by atoms with van der Waals surface area (Å²) in [4.78, 5) is 0. The molecule has 7 heteroatoms. The first-order valence-electron chi connectivity index (χ1n) is 5.40. The normalized spacial score (nSPS) is 11.1. The second-order valence-corrected chi connectivity index (χ2v) is 4.26. The van der Waals surface area contributed by atoms with Gasteiger partial charge in [0.25, 0.3) is 0 Å². The van der Waals surface area contributed by atoms with Crippen molar-refractivity contribution in [1.82, 2.24) is 24.8 Å². The molecule has 0 saturated carbocycles. The highest BCUT2D eigenvalue weighted by atomic mass is 35.5. The number of nitrogens with zero attached hydrogens (tertiary/aromatic N) is 5. The molecule has 0 atom stereocenters. The minimum absolute atomic E-state index is 0.408. The Labute approximate surface area is 104 Å². The minimum Gasteiger partial charge on any atom is -0.325 e. The van der Waals surface area contributed by atoms with E-state index in [1.807, 2.05) is 24.7 Å². The molecule has 2 N–H and O–H groups in total. The van der Waals surface area contributed by atoms with E-state index in [0.29, 0.717) is 19.6 Å². The molecule has 2 aromatic rings. The lowest BCUT2D eigenvalue weighted by Crippen LogP contribution is -2.10. The quantitative estimate of drug-likeness (QED) is 0.880. The van der Waals surface area contributed by atoms with Crippen LogP contribution in [0.5, 0.6) is 0 Å². The maximum Gasteiger partial charge on any atom is 0.0962 e. The topological polar surface area (TPSA) is 74.5 Å². The van der Waals surface area contributed by atoms with Crippen LogP contribution in [0.2, 0.25) is 5.02 Å². The summed E-state index contributed by atoms with van der Waals surface area (Å²) in [5.74, 6) is 0. The Morgan fingerprint density at radius 2 is 2.12 bits per heavy atom. The van der Waals surface area contributed by atoms with Crippen molar-refractivity contribution >= 4 is 11.6 Å². The average Bonchev–Trinajstić information content (AvgIpc) is 2.88. The van der Waals surface area contributed by atoms with Gasteiger partial charge in [0.1, 0.15) is 0 Å². The highest BCUT2D eigenvalue weighted by molar-refractivity contribution is 6.31. The standard InChI is InChI=1S/C10H15ClN6/c1-7-10(11)8(2)17(14-7)4-3-16-6-9(5-12)13-15-16/h6H,3-5,12H2,1-2H3. The average molecular weight is 255 g/mol. The lowest BCUT2D eigenvalue weighted by molar-refractivity contribution is 0.481. The molecule has 0 aliphatic heterocycles. The summed E-state index contributed by atoms with van der Waals surface area (Å²) in [6.45, 7) is 5.67. The van der Waals surface area contributed by atoms with Gasteiger partial charge in [-0.25, -0.2) is 0 Å². The van der Waals surface area contributed by atoms with Gasteiger partial charge in [-0.3, -0.25) is 9.36 Å². The van der Waals surface area contributed by atoms with Crippen molar-refractivity contribution in [2.24, 2.45) is 5.73 Å². The van der Waals surface area contributed by atoms with Crippen LogP contribution in [0.25, 0.3) is 0 Å². The van der Waals surface area contributed by atoms with Crippen LogP contribution in [0.1, 0.15) is 17.1 Å². The molecule has 0 aliphatic carbocycles. The molecule has 92 valence electrons. The maximum absolute atomic E-state index is 6.07.